The Hall–Kier alpha value is -1.59. The van der Waals surface area contributed by atoms with Gasteiger partial charge in [-0.1, -0.05) is 12.8 Å². The van der Waals surface area contributed by atoms with Crippen LogP contribution >= 0.6 is 38.6 Å². The summed E-state index contributed by atoms with van der Waals surface area (Å²) in [4.78, 5) is 18.3. The number of thiophene rings is 1. The first kappa shape index (κ1) is 21.6. The number of carbonyl (C=O) groups excluding carboxylic acids is 1. The van der Waals surface area contributed by atoms with Gasteiger partial charge in [-0.2, -0.15) is 4.31 Å². The summed E-state index contributed by atoms with van der Waals surface area (Å²) in [7, 11) is -3.52. The second kappa shape index (κ2) is 9.27. The van der Waals surface area contributed by atoms with Gasteiger partial charge in [0.05, 0.1) is 19.3 Å². The van der Waals surface area contributed by atoms with Crippen molar-refractivity contribution in [3.05, 3.63) is 51.1 Å². The number of nitrogens with one attached hydrogen (secondary N) is 1. The largest absolute Gasteiger partial charge is 0.298 e. The van der Waals surface area contributed by atoms with Gasteiger partial charge < -0.3 is 0 Å². The van der Waals surface area contributed by atoms with Crippen LogP contribution in [0.4, 0.5) is 5.13 Å². The minimum Gasteiger partial charge on any atom is -0.298 e. The van der Waals surface area contributed by atoms with Gasteiger partial charge in [0.25, 0.3) is 5.91 Å². The van der Waals surface area contributed by atoms with E-state index in [1.54, 1.807) is 27.8 Å². The van der Waals surface area contributed by atoms with E-state index < -0.39 is 10.0 Å². The van der Waals surface area contributed by atoms with E-state index in [0.717, 1.165) is 40.0 Å². The Bertz CT molecular complexity index is 1130. The Morgan fingerprint density at radius 1 is 1.03 bits per heavy atom. The van der Waals surface area contributed by atoms with Gasteiger partial charge >= 0.3 is 0 Å². The molecule has 1 fully saturated rings. The van der Waals surface area contributed by atoms with Gasteiger partial charge in [0.1, 0.15) is 0 Å². The summed E-state index contributed by atoms with van der Waals surface area (Å²) in [6.07, 6.45) is 3.90. The van der Waals surface area contributed by atoms with Gasteiger partial charge in [-0.15, -0.1) is 22.7 Å². The topological polar surface area (TPSA) is 79.4 Å². The van der Waals surface area contributed by atoms with Crippen LogP contribution in [0.2, 0.25) is 0 Å². The zero-order chi connectivity index (χ0) is 21.1. The number of hydrogen-bond donors (Lipinski definition) is 1. The van der Waals surface area contributed by atoms with Gasteiger partial charge in [-0.05, 0) is 65.2 Å². The number of rotatable bonds is 5. The summed E-state index contributed by atoms with van der Waals surface area (Å²) >= 11 is 6.36. The molecule has 0 spiro atoms. The fourth-order valence-electron chi connectivity index (χ4n) is 3.27. The molecular formula is C20H20BrN3O3S3. The molecule has 0 saturated carbocycles. The van der Waals surface area contributed by atoms with Crippen molar-refractivity contribution in [2.45, 2.75) is 30.6 Å². The molecule has 3 heterocycles. The maximum absolute atomic E-state index is 12.9. The Morgan fingerprint density at radius 2 is 1.73 bits per heavy atom. The summed E-state index contributed by atoms with van der Waals surface area (Å²) in [5.74, 6) is -0.318. The number of amides is 1. The summed E-state index contributed by atoms with van der Waals surface area (Å²) in [6, 6.07) is 10.0. The average molecular weight is 527 g/mol. The number of nitrogens with zero attached hydrogens (tertiary/aromatic N) is 2. The van der Waals surface area contributed by atoms with Crippen LogP contribution in [0.15, 0.2) is 50.5 Å². The van der Waals surface area contributed by atoms with Crippen molar-refractivity contribution in [2.75, 3.05) is 18.4 Å². The summed E-state index contributed by atoms with van der Waals surface area (Å²) in [5.41, 5.74) is 1.20. The zero-order valence-electron chi connectivity index (χ0n) is 16.0. The van der Waals surface area contributed by atoms with Crippen molar-refractivity contribution in [3.8, 4) is 10.6 Å². The fourth-order valence-corrected chi connectivity index (χ4v) is 6.92. The molecule has 0 atom stereocenters. The second-order valence-electron chi connectivity index (χ2n) is 6.94. The van der Waals surface area contributed by atoms with Crippen molar-refractivity contribution in [2.24, 2.45) is 0 Å². The average Bonchev–Trinajstić information content (AvgIpc) is 3.28. The number of hydrogen-bond acceptors (Lipinski definition) is 6. The first-order chi connectivity index (χ1) is 14.4. The molecule has 30 heavy (non-hydrogen) atoms. The van der Waals surface area contributed by atoms with Crippen molar-refractivity contribution in [1.82, 2.24) is 9.29 Å². The second-order valence-corrected chi connectivity index (χ2v) is 12.2. The molecule has 2 aromatic heterocycles. The lowest BCUT2D eigenvalue weighted by atomic mass is 10.2. The highest BCUT2D eigenvalue weighted by atomic mass is 79.9. The van der Waals surface area contributed by atoms with Gasteiger partial charge in [0, 0.05) is 24.0 Å². The molecule has 158 valence electrons. The lowest BCUT2D eigenvalue weighted by Crippen LogP contribution is -2.31. The molecule has 10 heteroatoms. The zero-order valence-corrected chi connectivity index (χ0v) is 20.0. The van der Waals surface area contributed by atoms with E-state index in [-0.39, 0.29) is 10.8 Å². The number of halogens is 1. The maximum Gasteiger partial charge on any atom is 0.257 e. The number of carbonyl (C=O) groups is 1. The van der Waals surface area contributed by atoms with Crippen molar-refractivity contribution in [1.29, 1.82) is 0 Å². The number of thiazole rings is 1. The molecule has 0 bridgehead atoms. The molecule has 0 radical (unpaired) electrons. The van der Waals surface area contributed by atoms with E-state index in [0.29, 0.717) is 23.8 Å². The Kier molecular flexibility index (Phi) is 6.69. The lowest BCUT2D eigenvalue weighted by Gasteiger charge is -2.20. The van der Waals surface area contributed by atoms with E-state index in [1.165, 1.54) is 23.5 Å². The number of aromatic nitrogens is 1. The third-order valence-electron chi connectivity index (χ3n) is 4.87. The van der Waals surface area contributed by atoms with Crippen molar-refractivity contribution < 1.29 is 13.2 Å². The number of sulfonamides is 1. The quantitative estimate of drug-likeness (QED) is 0.480. The minimum absolute atomic E-state index is 0.223. The first-order valence-corrected chi connectivity index (χ1v) is 13.5. The standard InChI is InChI=1S/C20H20BrN3O3S3/c21-18-10-9-17(29-18)16-13-28-20(22-16)23-19(25)14-5-7-15(8-6-14)30(26,27)24-11-3-1-2-4-12-24/h5-10,13H,1-4,11-12H2,(H,22,23,25). The third kappa shape index (κ3) is 4.83. The molecule has 3 aromatic rings. The molecule has 1 aliphatic rings. The Labute approximate surface area is 192 Å². The molecular weight excluding hydrogens is 506 g/mol. The molecule has 0 aliphatic carbocycles. The van der Waals surface area contributed by atoms with Crippen LogP contribution in [0.3, 0.4) is 0 Å². The van der Waals surface area contributed by atoms with Crippen LogP contribution in [0.1, 0.15) is 36.0 Å². The molecule has 1 amide bonds. The summed E-state index contributed by atoms with van der Waals surface area (Å²) in [5, 5.41) is 5.18. The molecule has 1 aliphatic heterocycles. The van der Waals surface area contributed by atoms with Gasteiger partial charge in [0.15, 0.2) is 5.13 Å². The van der Waals surface area contributed by atoms with E-state index in [1.807, 2.05) is 17.5 Å². The molecule has 1 saturated heterocycles. The predicted molar refractivity (Wildman–Crippen MR) is 125 cm³/mol. The van der Waals surface area contributed by atoms with Gasteiger partial charge in [-0.3, -0.25) is 10.1 Å². The van der Waals surface area contributed by atoms with Crippen LogP contribution in [0, 0.1) is 0 Å². The summed E-state index contributed by atoms with van der Waals surface area (Å²) in [6.45, 7) is 1.11. The van der Waals surface area contributed by atoms with E-state index in [4.69, 9.17) is 0 Å². The van der Waals surface area contributed by atoms with E-state index in [9.17, 15) is 13.2 Å². The summed E-state index contributed by atoms with van der Waals surface area (Å²) < 4.78 is 28.3. The molecule has 1 N–H and O–H groups in total. The maximum atomic E-state index is 12.9. The van der Waals surface area contributed by atoms with Crippen LogP contribution in [0.25, 0.3) is 10.6 Å². The van der Waals surface area contributed by atoms with Gasteiger partial charge in [0.2, 0.25) is 10.0 Å². The Morgan fingerprint density at radius 3 is 2.37 bits per heavy atom. The minimum atomic E-state index is -3.52. The highest BCUT2D eigenvalue weighted by Gasteiger charge is 2.25. The van der Waals surface area contributed by atoms with Crippen LogP contribution in [0.5, 0.6) is 0 Å². The van der Waals surface area contributed by atoms with Crippen molar-refractivity contribution in [3.63, 3.8) is 0 Å². The highest BCUT2D eigenvalue weighted by molar-refractivity contribution is 9.11. The molecule has 0 unspecified atom stereocenters. The molecule has 6 nitrogen and oxygen atoms in total. The van der Waals surface area contributed by atoms with E-state index in [2.05, 4.69) is 26.2 Å². The monoisotopic (exact) mass is 525 g/mol. The van der Waals surface area contributed by atoms with Crippen molar-refractivity contribution >= 4 is 59.7 Å². The number of benzene rings is 1. The number of anilines is 1. The normalized spacial score (nSPS) is 15.6. The molecule has 1 aromatic carbocycles. The Balaban J connectivity index is 1.45. The van der Waals surface area contributed by atoms with Crippen LogP contribution < -0.4 is 5.32 Å². The van der Waals surface area contributed by atoms with Gasteiger partial charge in [-0.25, -0.2) is 13.4 Å². The SMILES string of the molecule is O=C(Nc1nc(-c2ccc(Br)s2)cs1)c1ccc(S(=O)(=O)N2CCCCCC2)cc1. The molecule has 4 rings (SSSR count). The van der Waals surface area contributed by atoms with E-state index >= 15 is 0 Å². The highest BCUT2D eigenvalue weighted by Crippen LogP contribution is 2.33. The fraction of sp³-hybridized carbons (Fsp3) is 0.300. The third-order valence-corrected chi connectivity index (χ3v) is 9.19. The predicted octanol–water partition coefficient (Wildman–Crippen LogP) is 5.45. The first-order valence-electron chi connectivity index (χ1n) is 9.56. The van der Waals surface area contributed by atoms with Crippen LogP contribution in [-0.2, 0) is 10.0 Å². The lowest BCUT2D eigenvalue weighted by molar-refractivity contribution is 0.102. The van der Waals surface area contributed by atoms with Crippen LogP contribution in [-0.4, -0.2) is 36.7 Å². The smallest absolute Gasteiger partial charge is 0.257 e.